The van der Waals surface area contributed by atoms with Crippen LogP contribution >= 0.6 is 0 Å². The van der Waals surface area contributed by atoms with E-state index in [9.17, 15) is 4.79 Å². The molecule has 0 amide bonds. The molecule has 1 aliphatic carbocycles. The Labute approximate surface area is 74.7 Å². The predicted molar refractivity (Wildman–Crippen MR) is 50.1 cm³/mol. The number of carbonyl (C=O) groups excluding carboxylic acids is 1. The molecule has 0 unspecified atom stereocenters. The van der Waals surface area contributed by atoms with Crippen LogP contribution in [0, 0.1) is 5.92 Å². The number of Topliss-reactive ketones (excluding diaryl/α,β-unsaturated/α-hetero) is 1. The summed E-state index contributed by atoms with van der Waals surface area (Å²) in [5.41, 5.74) is 0. The van der Waals surface area contributed by atoms with E-state index in [-0.39, 0.29) is 0 Å². The van der Waals surface area contributed by atoms with Crippen LogP contribution in [0.3, 0.4) is 0 Å². The van der Waals surface area contributed by atoms with E-state index in [1.165, 1.54) is 12.8 Å². The van der Waals surface area contributed by atoms with Crippen LogP contribution in [0.15, 0.2) is 0 Å². The smallest absolute Gasteiger partial charge is 0.134 e. The molecule has 0 saturated heterocycles. The van der Waals surface area contributed by atoms with Gasteiger partial charge in [0.15, 0.2) is 0 Å². The first kappa shape index (κ1) is 9.72. The minimum absolute atomic E-state index is 0.433. The molecule has 2 heteroatoms. The van der Waals surface area contributed by atoms with Crippen LogP contribution in [0.5, 0.6) is 0 Å². The maximum atomic E-state index is 11.2. The lowest BCUT2D eigenvalue weighted by atomic mass is 10.1. The summed E-state index contributed by atoms with van der Waals surface area (Å²) in [5, 5.41) is 3.16. The van der Waals surface area contributed by atoms with Gasteiger partial charge in [0.1, 0.15) is 5.78 Å². The molecule has 0 aromatic heterocycles. The Bertz CT molecular complexity index is 141. The maximum Gasteiger partial charge on any atom is 0.134 e. The summed E-state index contributed by atoms with van der Waals surface area (Å²) in [6.07, 6.45) is 5.41. The molecule has 0 bridgehead atoms. The fourth-order valence-corrected chi connectivity index (χ4v) is 1.30. The standard InChI is InChI=1S/C10H19NO/c1-2-11-8-7-10(12)6-5-9-3-4-9/h9,11H,2-8H2,1H3. The molecule has 12 heavy (non-hydrogen) atoms. The minimum Gasteiger partial charge on any atom is -0.317 e. The van der Waals surface area contributed by atoms with E-state index >= 15 is 0 Å². The Balaban J connectivity index is 1.88. The number of carbonyl (C=O) groups is 1. The fourth-order valence-electron chi connectivity index (χ4n) is 1.30. The first-order valence-corrected chi connectivity index (χ1v) is 5.05. The molecule has 0 heterocycles. The molecule has 0 atom stereocenters. The second kappa shape index (κ2) is 5.31. The van der Waals surface area contributed by atoms with Gasteiger partial charge in [-0.25, -0.2) is 0 Å². The Morgan fingerprint density at radius 1 is 1.42 bits per heavy atom. The zero-order valence-electron chi connectivity index (χ0n) is 7.94. The van der Waals surface area contributed by atoms with Gasteiger partial charge in [-0.05, 0) is 18.9 Å². The lowest BCUT2D eigenvalue weighted by Crippen LogP contribution is -2.17. The Morgan fingerprint density at radius 2 is 2.17 bits per heavy atom. The van der Waals surface area contributed by atoms with Crippen molar-refractivity contribution in [2.75, 3.05) is 13.1 Å². The van der Waals surface area contributed by atoms with Crippen molar-refractivity contribution in [3.05, 3.63) is 0 Å². The molecular formula is C10H19NO. The van der Waals surface area contributed by atoms with Crippen molar-refractivity contribution >= 4 is 5.78 Å². The van der Waals surface area contributed by atoms with Gasteiger partial charge < -0.3 is 5.32 Å². The van der Waals surface area contributed by atoms with E-state index in [0.717, 1.165) is 38.3 Å². The van der Waals surface area contributed by atoms with Crippen molar-refractivity contribution < 1.29 is 4.79 Å². The van der Waals surface area contributed by atoms with Crippen molar-refractivity contribution in [1.82, 2.24) is 5.32 Å². The van der Waals surface area contributed by atoms with Crippen LogP contribution in [0.4, 0.5) is 0 Å². The number of hydrogen-bond donors (Lipinski definition) is 1. The van der Waals surface area contributed by atoms with Gasteiger partial charge in [0.05, 0.1) is 0 Å². The quantitative estimate of drug-likeness (QED) is 0.588. The van der Waals surface area contributed by atoms with Gasteiger partial charge in [-0.1, -0.05) is 19.8 Å². The molecule has 1 aliphatic rings. The van der Waals surface area contributed by atoms with Crippen LogP contribution < -0.4 is 5.32 Å². The minimum atomic E-state index is 0.433. The third-order valence-corrected chi connectivity index (χ3v) is 2.36. The summed E-state index contributed by atoms with van der Waals surface area (Å²) in [4.78, 5) is 11.2. The molecule has 0 aliphatic heterocycles. The van der Waals surface area contributed by atoms with Gasteiger partial charge in [-0.15, -0.1) is 0 Å². The first-order chi connectivity index (χ1) is 5.83. The Kier molecular flexibility index (Phi) is 4.30. The van der Waals surface area contributed by atoms with Gasteiger partial charge in [-0.3, -0.25) is 4.79 Å². The largest absolute Gasteiger partial charge is 0.317 e. The summed E-state index contributed by atoms with van der Waals surface area (Å²) in [5.74, 6) is 1.33. The number of ketones is 1. The third-order valence-electron chi connectivity index (χ3n) is 2.36. The van der Waals surface area contributed by atoms with Crippen LogP contribution in [0.1, 0.15) is 39.0 Å². The highest BCUT2D eigenvalue weighted by molar-refractivity contribution is 5.78. The fraction of sp³-hybridized carbons (Fsp3) is 0.900. The molecule has 70 valence electrons. The van der Waals surface area contributed by atoms with Crippen LogP contribution in [0.2, 0.25) is 0 Å². The van der Waals surface area contributed by atoms with E-state index in [2.05, 4.69) is 12.2 Å². The molecule has 0 radical (unpaired) electrons. The lowest BCUT2D eigenvalue weighted by molar-refractivity contribution is -0.119. The van der Waals surface area contributed by atoms with Gasteiger partial charge in [0.2, 0.25) is 0 Å². The average Bonchev–Trinajstić information content (AvgIpc) is 2.84. The zero-order chi connectivity index (χ0) is 8.81. The lowest BCUT2D eigenvalue weighted by Gasteiger charge is -2.00. The van der Waals surface area contributed by atoms with E-state index < -0.39 is 0 Å². The first-order valence-electron chi connectivity index (χ1n) is 5.05. The molecule has 2 nitrogen and oxygen atoms in total. The van der Waals surface area contributed by atoms with E-state index in [0.29, 0.717) is 5.78 Å². The average molecular weight is 169 g/mol. The van der Waals surface area contributed by atoms with E-state index in [4.69, 9.17) is 0 Å². The van der Waals surface area contributed by atoms with Crippen molar-refractivity contribution in [2.24, 2.45) is 5.92 Å². The van der Waals surface area contributed by atoms with Gasteiger partial charge in [0.25, 0.3) is 0 Å². The Morgan fingerprint density at radius 3 is 2.75 bits per heavy atom. The topological polar surface area (TPSA) is 29.1 Å². The Hall–Kier alpha value is -0.370. The summed E-state index contributed by atoms with van der Waals surface area (Å²) in [7, 11) is 0. The van der Waals surface area contributed by atoms with Gasteiger partial charge in [-0.2, -0.15) is 0 Å². The van der Waals surface area contributed by atoms with Crippen molar-refractivity contribution in [3.63, 3.8) is 0 Å². The van der Waals surface area contributed by atoms with Crippen LogP contribution in [-0.4, -0.2) is 18.9 Å². The molecule has 0 spiro atoms. The third kappa shape index (κ3) is 4.50. The second-order valence-corrected chi connectivity index (χ2v) is 3.62. The number of hydrogen-bond acceptors (Lipinski definition) is 2. The molecule has 1 fully saturated rings. The van der Waals surface area contributed by atoms with Crippen molar-refractivity contribution in [1.29, 1.82) is 0 Å². The summed E-state index contributed by atoms with van der Waals surface area (Å²) in [6.45, 7) is 3.89. The molecule has 0 aromatic rings. The second-order valence-electron chi connectivity index (χ2n) is 3.62. The van der Waals surface area contributed by atoms with Crippen LogP contribution in [-0.2, 0) is 4.79 Å². The highest BCUT2D eigenvalue weighted by Crippen LogP contribution is 2.33. The van der Waals surface area contributed by atoms with E-state index in [1.54, 1.807) is 0 Å². The molecule has 0 aromatic carbocycles. The molecule has 1 N–H and O–H groups in total. The van der Waals surface area contributed by atoms with Crippen molar-refractivity contribution in [3.8, 4) is 0 Å². The van der Waals surface area contributed by atoms with Crippen molar-refractivity contribution in [2.45, 2.75) is 39.0 Å². The normalized spacial score (nSPS) is 16.4. The SMILES string of the molecule is CCNCCC(=O)CCC1CC1. The molecule has 1 saturated carbocycles. The number of nitrogens with one attached hydrogen (secondary N) is 1. The zero-order valence-corrected chi connectivity index (χ0v) is 7.94. The summed E-state index contributed by atoms with van der Waals surface area (Å²) >= 11 is 0. The summed E-state index contributed by atoms with van der Waals surface area (Å²) < 4.78 is 0. The maximum absolute atomic E-state index is 11.2. The monoisotopic (exact) mass is 169 g/mol. The summed E-state index contributed by atoms with van der Waals surface area (Å²) in [6, 6.07) is 0. The van der Waals surface area contributed by atoms with E-state index in [1.807, 2.05) is 0 Å². The van der Waals surface area contributed by atoms with Gasteiger partial charge in [0, 0.05) is 19.4 Å². The van der Waals surface area contributed by atoms with Gasteiger partial charge >= 0.3 is 0 Å². The predicted octanol–water partition coefficient (Wildman–Crippen LogP) is 1.75. The number of rotatable bonds is 7. The molecular weight excluding hydrogens is 150 g/mol. The highest BCUT2D eigenvalue weighted by Gasteiger charge is 2.21. The van der Waals surface area contributed by atoms with Crippen LogP contribution in [0.25, 0.3) is 0 Å². The highest BCUT2D eigenvalue weighted by atomic mass is 16.1. The molecule has 1 rings (SSSR count).